The molecule has 20 heavy (non-hydrogen) atoms. The fraction of sp³-hybridized carbons (Fsp3) is 0.143. The number of nitrogens with zero attached hydrogens (tertiary/aromatic N) is 1. The van der Waals surface area contributed by atoms with Crippen LogP contribution in [0.5, 0.6) is 0 Å². The van der Waals surface area contributed by atoms with Crippen molar-refractivity contribution in [3.05, 3.63) is 61.4 Å². The molecule has 0 aliphatic rings. The molecule has 0 atom stereocenters. The molecule has 1 amide bonds. The first kappa shape index (κ1) is 14.8. The van der Waals surface area contributed by atoms with Gasteiger partial charge in [0, 0.05) is 34.4 Å². The van der Waals surface area contributed by atoms with Gasteiger partial charge in [-0.05, 0) is 46.6 Å². The van der Waals surface area contributed by atoms with Crippen LogP contribution in [0.3, 0.4) is 0 Å². The van der Waals surface area contributed by atoms with Crippen LogP contribution in [-0.2, 0) is 7.05 Å². The van der Waals surface area contributed by atoms with E-state index in [1.54, 1.807) is 25.4 Å². The number of rotatable bonds is 2. The van der Waals surface area contributed by atoms with Gasteiger partial charge in [-0.15, -0.1) is 0 Å². The number of pyridine rings is 1. The lowest BCUT2D eigenvalue weighted by atomic mass is 10.2. The number of halogens is 2. The Hall–Kier alpha value is -1.59. The molecular formula is C14H12BrClN2O2. The third kappa shape index (κ3) is 3.11. The summed E-state index contributed by atoms with van der Waals surface area (Å²) in [6, 6.07) is 6.36. The van der Waals surface area contributed by atoms with Gasteiger partial charge in [0.25, 0.3) is 11.5 Å². The number of hydrogen-bond donors (Lipinski definition) is 1. The Bertz CT molecular complexity index is 740. The van der Waals surface area contributed by atoms with Crippen LogP contribution < -0.4 is 10.9 Å². The molecule has 0 radical (unpaired) electrons. The zero-order valence-electron chi connectivity index (χ0n) is 10.9. The number of hydrogen-bond acceptors (Lipinski definition) is 2. The van der Waals surface area contributed by atoms with Crippen LogP contribution in [0.2, 0.25) is 5.02 Å². The minimum Gasteiger partial charge on any atom is -0.321 e. The quantitative estimate of drug-likeness (QED) is 0.898. The van der Waals surface area contributed by atoms with Gasteiger partial charge < -0.3 is 9.88 Å². The Balaban J connectivity index is 2.30. The SMILES string of the molecule is Cc1cc(Br)c(NC(=O)c2ccn(C)c(=O)c2)cc1Cl. The van der Waals surface area contributed by atoms with Crippen molar-refractivity contribution in [1.29, 1.82) is 0 Å². The number of amides is 1. The number of nitrogens with one attached hydrogen (secondary N) is 1. The summed E-state index contributed by atoms with van der Waals surface area (Å²) in [7, 11) is 1.63. The monoisotopic (exact) mass is 354 g/mol. The molecule has 0 saturated heterocycles. The van der Waals surface area contributed by atoms with E-state index in [2.05, 4.69) is 21.2 Å². The molecule has 0 aliphatic carbocycles. The molecule has 2 aromatic rings. The van der Waals surface area contributed by atoms with Crippen molar-refractivity contribution < 1.29 is 4.79 Å². The van der Waals surface area contributed by atoms with E-state index in [0.717, 1.165) is 10.0 Å². The lowest BCUT2D eigenvalue weighted by molar-refractivity contribution is 0.102. The molecular weight excluding hydrogens is 344 g/mol. The van der Waals surface area contributed by atoms with Crippen LogP contribution in [0.1, 0.15) is 15.9 Å². The van der Waals surface area contributed by atoms with Gasteiger partial charge in [0.05, 0.1) is 5.69 Å². The summed E-state index contributed by atoms with van der Waals surface area (Å²) in [4.78, 5) is 23.6. The standard InChI is InChI=1S/C14H12BrClN2O2/c1-8-5-10(15)12(7-11(8)16)17-14(20)9-3-4-18(2)13(19)6-9/h3-7H,1-2H3,(H,17,20). The number of benzene rings is 1. The molecule has 104 valence electrons. The summed E-state index contributed by atoms with van der Waals surface area (Å²) in [6.07, 6.45) is 1.55. The predicted octanol–water partition coefficient (Wildman–Crippen LogP) is 3.36. The summed E-state index contributed by atoms with van der Waals surface area (Å²) in [6.45, 7) is 1.87. The maximum atomic E-state index is 12.1. The number of carbonyl (C=O) groups is 1. The zero-order chi connectivity index (χ0) is 14.9. The Labute approximate surface area is 129 Å². The second-order valence-corrected chi connectivity index (χ2v) is 5.66. The van der Waals surface area contributed by atoms with Crippen molar-refractivity contribution in [3.8, 4) is 0 Å². The van der Waals surface area contributed by atoms with E-state index in [0.29, 0.717) is 16.3 Å². The molecule has 6 heteroatoms. The molecule has 1 heterocycles. The summed E-state index contributed by atoms with van der Waals surface area (Å²) in [5, 5.41) is 3.29. The molecule has 1 aromatic heterocycles. The normalized spacial score (nSPS) is 10.4. The Morgan fingerprint density at radius 2 is 2.05 bits per heavy atom. The predicted molar refractivity (Wildman–Crippen MR) is 83.5 cm³/mol. The van der Waals surface area contributed by atoms with Gasteiger partial charge in [-0.1, -0.05) is 11.6 Å². The van der Waals surface area contributed by atoms with Crippen LogP contribution >= 0.6 is 27.5 Å². The molecule has 0 fully saturated rings. The summed E-state index contributed by atoms with van der Waals surface area (Å²) in [5.41, 5.74) is 1.53. The van der Waals surface area contributed by atoms with Crippen molar-refractivity contribution in [2.45, 2.75) is 6.92 Å². The number of anilines is 1. The van der Waals surface area contributed by atoms with Crippen LogP contribution in [0, 0.1) is 6.92 Å². The van der Waals surface area contributed by atoms with E-state index in [9.17, 15) is 9.59 Å². The van der Waals surface area contributed by atoms with E-state index >= 15 is 0 Å². The average Bonchev–Trinajstić information content (AvgIpc) is 2.39. The van der Waals surface area contributed by atoms with Crippen molar-refractivity contribution in [1.82, 2.24) is 4.57 Å². The van der Waals surface area contributed by atoms with Crippen molar-refractivity contribution >= 4 is 39.1 Å². The van der Waals surface area contributed by atoms with Crippen LogP contribution in [0.4, 0.5) is 5.69 Å². The van der Waals surface area contributed by atoms with Gasteiger partial charge in [-0.3, -0.25) is 9.59 Å². The Morgan fingerprint density at radius 3 is 2.70 bits per heavy atom. The van der Waals surface area contributed by atoms with Gasteiger partial charge in [-0.25, -0.2) is 0 Å². The summed E-state index contributed by atoms with van der Waals surface area (Å²) in [5.74, 6) is -0.358. The van der Waals surface area contributed by atoms with Gasteiger partial charge >= 0.3 is 0 Å². The molecule has 0 bridgehead atoms. The van der Waals surface area contributed by atoms with Crippen molar-refractivity contribution in [2.75, 3.05) is 5.32 Å². The average molecular weight is 356 g/mol. The van der Waals surface area contributed by atoms with Gasteiger partial charge in [0.2, 0.25) is 0 Å². The van der Waals surface area contributed by atoms with Crippen molar-refractivity contribution in [3.63, 3.8) is 0 Å². The second-order valence-electron chi connectivity index (χ2n) is 4.40. The fourth-order valence-corrected chi connectivity index (χ4v) is 2.35. The van der Waals surface area contributed by atoms with Gasteiger partial charge in [0.1, 0.15) is 0 Å². The van der Waals surface area contributed by atoms with Crippen LogP contribution in [-0.4, -0.2) is 10.5 Å². The molecule has 1 aromatic carbocycles. The highest BCUT2D eigenvalue weighted by molar-refractivity contribution is 9.10. The van der Waals surface area contributed by atoms with E-state index in [-0.39, 0.29) is 11.5 Å². The minimum absolute atomic E-state index is 0.237. The van der Waals surface area contributed by atoms with Crippen LogP contribution in [0.15, 0.2) is 39.7 Å². The number of carbonyl (C=O) groups excluding carboxylic acids is 1. The van der Waals surface area contributed by atoms with E-state index in [4.69, 9.17) is 11.6 Å². The highest BCUT2D eigenvalue weighted by Crippen LogP contribution is 2.29. The highest BCUT2D eigenvalue weighted by Gasteiger charge is 2.11. The number of aromatic nitrogens is 1. The molecule has 2 rings (SSSR count). The summed E-state index contributed by atoms with van der Waals surface area (Å²) < 4.78 is 2.13. The second kappa shape index (κ2) is 5.81. The molecule has 0 aliphatic heterocycles. The molecule has 1 N–H and O–H groups in total. The highest BCUT2D eigenvalue weighted by atomic mass is 79.9. The summed E-state index contributed by atoms with van der Waals surface area (Å²) >= 11 is 9.40. The third-order valence-electron chi connectivity index (χ3n) is 2.86. The zero-order valence-corrected chi connectivity index (χ0v) is 13.2. The molecule has 0 unspecified atom stereocenters. The van der Waals surface area contributed by atoms with Crippen molar-refractivity contribution in [2.24, 2.45) is 7.05 Å². The number of aryl methyl sites for hydroxylation is 2. The first-order valence-electron chi connectivity index (χ1n) is 5.82. The topological polar surface area (TPSA) is 51.1 Å². The van der Waals surface area contributed by atoms with Crippen LogP contribution in [0.25, 0.3) is 0 Å². The Kier molecular flexibility index (Phi) is 4.30. The van der Waals surface area contributed by atoms with Gasteiger partial charge in [-0.2, -0.15) is 0 Å². The van der Waals surface area contributed by atoms with Gasteiger partial charge in [0.15, 0.2) is 0 Å². The lowest BCUT2D eigenvalue weighted by Crippen LogP contribution is -2.20. The minimum atomic E-state index is -0.358. The Morgan fingerprint density at radius 1 is 1.35 bits per heavy atom. The lowest BCUT2D eigenvalue weighted by Gasteiger charge is -2.09. The third-order valence-corrected chi connectivity index (χ3v) is 3.93. The first-order chi connectivity index (χ1) is 9.38. The smallest absolute Gasteiger partial charge is 0.255 e. The maximum absolute atomic E-state index is 12.1. The fourth-order valence-electron chi connectivity index (χ4n) is 1.63. The molecule has 4 nitrogen and oxygen atoms in total. The van der Waals surface area contributed by atoms with E-state index < -0.39 is 0 Å². The first-order valence-corrected chi connectivity index (χ1v) is 6.99. The maximum Gasteiger partial charge on any atom is 0.255 e. The van der Waals surface area contributed by atoms with E-state index in [1.165, 1.54) is 10.6 Å². The molecule has 0 spiro atoms. The largest absolute Gasteiger partial charge is 0.321 e. The molecule has 0 saturated carbocycles. The van der Waals surface area contributed by atoms with E-state index in [1.807, 2.05) is 13.0 Å².